The van der Waals surface area contributed by atoms with Gasteiger partial charge in [0.05, 0.1) is 22.5 Å². The summed E-state index contributed by atoms with van der Waals surface area (Å²) in [5, 5.41) is 12.7. The van der Waals surface area contributed by atoms with E-state index in [1.807, 2.05) is 44.2 Å². The number of hydrogen-bond acceptors (Lipinski definition) is 4. The van der Waals surface area contributed by atoms with E-state index < -0.39 is 6.04 Å². The second-order valence-corrected chi connectivity index (χ2v) is 7.91. The van der Waals surface area contributed by atoms with Crippen LogP contribution in [0.4, 0.5) is 0 Å². The minimum atomic E-state index is -0.674. The number of nitrogens with zero attached hydrogens (tertiary/aromatic N) is 4. The maximum atomic E-state index is 13.3. The summed E-state index contributed by atoms with van der Waals surface area (Å²) < 4.78 is 3.07. The first-order chi connectivity index (χ1) is 14.0. The molecule has 2 aromatic heterocycles. The predicted octanol–water partition coefficient (Wildman–Crippen LogP) is 3.21. The number of amides is 1. The van der Waals surface area contributed by atoms with Crippen molar-refractivity contribution in [3.8, 4) is 5.69 Å². The van der Waals surface area contributed by atoms with Gasteiger partial charge in [-0.25, -0.2) is 9.36 Å². The van der Waals surface area contributed by atoms with Crippen LogP contribution in [0.5, 0.6) is 0 Å². The van der Waals surface area contributed by atoms with E-state index >= 15 is 0 Å². The molecule has 7 heteroatoms. The molecule has 1 amide bonds. The molecule has 1 aromatic carbocycles. The van der Waals surface area contributed by atoms with Crippen molar-refractivity contribution >= 4 is 16.8 Å². The molecular formula is C22H27N5O2. The Morgan fingerprint density at radius 1 is 1.10 bits per heavy atom. The molecule has 0 aliphatic heterocycles. The van der Waals surface area contributed by atoms with E-state index in [0.717, 1.165) is 37.1 Å². The Kier molecular flexibility index (Phi) is 5.22. The van der Waals surface area contributed by atoms with Gasteiger partial charge in [0.15, 0.2) is 0 Å². The molecule has 1 fully saturated rings. The number of carbonyl (C=O) groups is 1. The van der Waals surface area contributed by atoms with Crippen molar-refractivity contribution in [2.75, 3.05) is 0 Å². The van der Waals surface area contributed by atoms with Gasteiger partial charge in [-0.05, 0) is 45.7 Å². The topological polar surface area (TPSA) is 81.8 Å². The molecule has 7 nitrogen and oxygen atoms in total. The van der Waals surface area contributed by atoms with E-state index in [0.29, 0.717) is 16.6 Å². The van der Waals surface area contributed by atoms with E-state index in [9.17, 15) is 9.59 Å². The van der Waals surface area contributed by atoms with Crippen LogP contribution in [0.1, 0.15) is 56.5 Å². The Hall–Kier alpha value is -2.96. The fourth-order valence-corrected chi connectivity index (χ4v) is 4.14. The van der Waals surface area contributed by atoms with Gasteiger partial charge in [0, 0.05) is 6.04 Å². The number of hydrogen-bond donors (Lipinski definition) is 1. The maximum Gasteiger partial charge on any atom is 0.278 e. The summed E-state index contributed by atoms with van der Waals surface area (Å²) in [6.45, 7) is 5.43. The summed E-state index contributed by atoms with van der Waals surface area (Å²) in [6.07, 6.45) is 5.51. The molecule has 0 saturated heterocycles. The number of nitrogens with one attached hydrogen (secondary N) is 1. The third-order valence-electron chi connectivity index (χ3n) is 5.84. The highest BCUT2D eigenvalue weighted by atomic mass is 16.2. The molecule has 0 spiro atoms. The van der Waals surface area contributed by atoms with Crippen LogP contribution in [-0.4, -0.2) is 31.5 Å². The van der Waals surface area contributed by atoms with Crippen molar-refractivity contribution in [3.63, 3.8) is 0 Å². The Labute approximate surface area is 169 Å². The SMILES string of the molecule is Cc1nn([C@H](C)C(=O)NC2CCCCC2)c(=O)c2c(C)n(-c3ccccc3)nc12. The lowest BCUT2D eigenvalue weighted by Crippen LogP contribution is -2.42. The molecule has 4 rings (SSSR count). The van der Waals surface area contributed by atoms with Crippen LogP contribution in [0.2, 0.25) is 0 Å². The first kappa shape index (κ1) is 19.4. The molecule has 0 bridgehead atoms. The third-order valence-corrected chi connectivity index (χ3v) is 5.84. The average Bonchev–Trinajstić information content (AvgIpc) is 3.09. The van der Waals surface area contributed by atoms with Crippen molar-refractivity contribution in [2.24, 2.45) is 0 Å². The van der Waals surface area contributed by atoms with Gasteiger partial charge < -0.3 is 5.32 Å². The van der Waals surface area contributed by atoms with E-state index in [1.165, 1.54) is 11.1 Å². The smallest absolute Gasteiger partial charge is 0.278 e. The number of aryl methyl sites for hydroxylation is 2. The lowest BCUT2D eigenvalue weighted by molar-refractivity contribution is -0.125. The second kappa shape index (κ2) is 7.81. The molecule has 3 aromatic rings. The van der Waals surface area contributed by atoms with Crippen LogP contribution in [0.25, 0.3) is 16.6 Å². The van der Waals surface area contributed by atoms with Crippen LogP contribution >= 0.6 is 0 Å². The van der Waals surface area contributed by atoms with Crippen molar-refractivity contribution in [1.82, 2.24) is 24.9 Å². The molecule has 1 aliphatic carbocycles. The number of rotatable bonds is 4. The molecule has 0 radical (unpaired) electrons. The summed E-state index contributed by atoms with van der Waals surface area (Å²) in [4.78, 5) is 26.0. The van der Waals surface area contributed by atoms with Gasteiger partial charge in [-0.1, -0.05) is 37.5 Å². The van der Waals surface area contributed by atoms with Gasteiger partial charge in [0.25, 0.3) is 5.56 Å². The molecular weight excluding hydrogens is 366 g/mol. The van der Waals surface area contributed by atoms with E-state index in [4.69, 9.17) is 0 Å². The first-order valence-electron chi connectivity index (χ1n) is 10.3. The standard InChI is InChI=1S/C22H27N5O2/c1-14-20-19(15(2)26(25-20)18-12-8-5-9-13-18)22(29)27(24-14)16(3)21(28)23-17-10-6-4-7-11-17/h5,8-9,12-13,16-17H,4,6-7,10-11H2,1-3H3,(H,23,28)/t16-/m1/s1. The molecule has 1 N–H and O–H groups in total. The average molecular weight is 393 g/mol. The van der Waals surface area contributed by atoms with E-state index in [-0.39, 0.29) is 17.5 Å². The van der Waals surface area contributed by atoms with Gasteiger partial charge >= 0.3 is 0 Å². The predicted molar refractivity (Wildman–Crippen MR) is 112 cm³/mol. The summed E-state index contributed by atoms with van der Waals surface area (Å²) in [7, 11) is 0. The normalized spacial score (nSPS) is 16.1. The Bertz CT molecular complexity index is 1090. The quantitative estimate of drug-likeness (QED) is 0.738. The second-order valence-electron chi connectivity index (χ2n) is 7.91. The summed E-state index contributed by atoms with van der Waals surface area (Å²) in [5.41, 5.74) is 2.56. The first-order valence-corrected chi connectivity index (χ1v) is 10.3. The Morgan fingerprint density at radius 3 is 2.48 bits per heavy atom. The number of carbonyl (C=O) groups excluding carboxylic acids is 1. The van der Waals surface area contributed by atoms with Gasteiger partial charge in [0.2, 0.25) is 5.91 Å². The maximum absolute atomic E-state index is 13.3. The molecule has 152 valence electrons. The zero-order chi connectivity index (χ0) is 20.5. The summed E-state index contributed by atoms with van der Waals surface area (Å²) in [6, 6.07) is 9.22. The molecule has 1 saturated carbocycles. The lowest BCUT2D eigenvalue weighted by Gasteiger charge is -2.24. The van der Waals surface area contributed by atoms with Crippen molar-refractivity contribution in [3.05, 3.63) is 52.1 Å². The van der Waals surface area contributed by atoms with Gasteiger partial charge in [-0.2, -0.15) is 10.2 Å². The summed E-state index contributed by atoms with van der Waals surface area (Å²) >= 11 is 0. The van der Waals surface area contributed by atoms with E-state index in [2.05, 4.69) is 15.5 Å². The summed E-state index contributed by atoms with van der Waals surface area (Å²) in [5.74, 6) is -0.154. The highest BCUT2D eigenvalue weighted by molar-refractivity contribution is 5.84. The van der Waals surface area contributed by atoms with Crippen molar-refractivity contribution in [2.45, 2.75) is 65.0 Å². The lowest BCUT2D eigenvalue weighted by atomic mass is 9.95. The number of benzene rings is 1. The highest BCUT2D eigenvalue weighted by Crippen LogP contribution is 2.21. The van der Waals surface area contributed by atoms with Gasteiger partial charge in [-0.15, -0.1) is 0 Å². The van der Waals surface area contributed by atoms with Crippen LogP contribution in [0, 0.1) is 13.8 Å². The van der Waals surface area contributed by atoms with E-state index in [1.54, 1.807) is 11.6 Å². The van der Waals surface area contributed by atoms with Crippen molar-refractivity contribution < 1.29 is 4.79 Å². The van der Waals surface area contributed by atoms with Gasteiger partial charge in [0.1, 0.15) is 11.6 Å². The number of aromatic nitrogens is 4. The number of para-hydroxylation sites is 1. The van der Waals surface area contributed by atoms with Crippen LogP contribution in [0.15, 0.2) is 35.1 Å². The molecule has 29 heavy (non-hydrogen) atoms. The zero-order valence-electron chi connectivity index (χ0n) is 17.2. The highest BCUT2D eigenvalue weighted by Gasteiger charge is 2.25. The van der Waals surface area contributed by atoms with Gasteiger partial charge in [-0.3, -0.25) is 9.59 Å². The van der Waals surface area contributed by atoms with Crippen molar-refractivity contribution in [1.29, 1.82) is 0 Å². The minimum absolute atomic E-state index is 0.154. The molecule has 0 unspecified atom stereocenters. The van der Waals surface area contributed by atoms with Crippen LogP contribution in [-0.2, 0) is 4.79 Å². The molecule has 1 aliphatic rings. The zero-order valence-corrected chi connectivity index (χ0v) is 17.2. The fraction of sp³-hybridized carbons (Fsp3) is 0.455. The van der Waals surface area contributed by atoms with Crippen LogP contribution < -0.4 is 10.9 Å². The largest absolute Gasteiger partial charge is 0.352 e. The Balaban J connectivity index is 1.72. The number of fused-ring (bicyclic) bond motifs is 1. The molecule has 1 atom stereocenters. The van der Waals surface area contributed by atoms with Crippen LogP contribution in [0.3, 0.4) is 0 Å². The molecule has 2 heterocycles. The monoisotopic (exact) mass is 393 g/mol. The third kappa shape index (κ3) is 3.57. The minimum Gasteiger partial charge on any atom is -0.352 e. The fourth-order valence-electron chi connectivity index (χ4n) is 4.14. The Morgan fingerprint density at radius 2 is 1.79 bits per heavy atom.